The zero-order valence-corrected chi connectivity index (χ0v) is 8.69. The van der Waals surface area contributed by atoms with Crippen LogP contribution < -0.4 is 0 Å². The van der Waals surface area contributed by atoms with E-state index < -0.39 is 17.7 Å². The minimum absolute atomic E-state index is 0.334. The maximum absolute atomic E-state index is 13.0. The van der Waals surface area contributed by atoms with E-state index >= 15 is 0 Å². The summed E-state index contributed by atoms with van der Waals surface area (Å²) in [4.78, 5) is 0. The first-order chi connectivity index (χ1) is 7.59. The number of aryl methyl sites for hydroxylation is 1. The van der Waals surface area contributed by atoms with E-state index in [1.165, 1.54) is 6.07 Å². The van der Waals surface area contributed by atoms with E-state index in [9.17, 15) is 13.9 Å². The van der Waals surface area contributed by atoms with E-state index in [2.05, 4.69) is 0 Å². The van der Waals surface area contributed by atoms with E-state index in [1.807, 2.05) is 0 Å². The lowest BCUT2D eigenvalue weighted by atomic mass is 10.1. The molecule has 16 heavy (non-hydrogen) atoms. The third-order valence-electron chi connectivity index (χ3n) is 2.52. The fourth-order valence-electron chi connectivity index (χ4n) is 1.61. The lowest BCUT2D eigenvalue weighted by Crippen LogP contribution is -2.05. The smallest absolute Gasteiger partial charge is 0.159 e. The lowest BCUT2D eigenvalue weighted by molar-refractivity contribution is 0.211. The van der Waals surface area contributed by atoms with Crippen molar-refractivity contribution in [3.8, 4) is 0 Å². The Hall–Kier alpha value is -1.68. The zero-order chi connectivity index (χ0) is 11.7. The highest BCUT2D eigenvalue weighted by molar-refractivity contribution is 5.27. The van der Waals surface area contributed by atoms with Gasteiger partial charge in [-0.15, -0.1) is 0 Å². The largest absolute Gasteiger partial charge is 0.382 e. The van der Waals surface area contributed by atoms with Gasteiger partial charge in [0.25, 0.3) is 0 Å². The van der Waals surface area contributed by atoms with Crippen molar-refractivity contribution in [3.05, 3.63) is 59.4 Å². The summed E-state index contributed by atoms with van der Waals surface area (Å²) in [7, 11) is 1.78. The number of aliphatic hydroxyl groups is 1. The van der Waals surface area contributed by atoms with Crippen molar-refractivity contribution in [2.75, 3.05) is 0 Å². The summed E-state index contributed by atoms with van der Waals surface area (Å²) < 4.78 is 27.4. The molecule has 0 bridgehead atoms. The predicted octanol–water partition coefficient (Wildman–Crippen LogP) is 2.39. The topological polar surface area (TPSA) is 25.2 Å². The van der Waals surface area contributed by atoms with Gasteiger partial charge >= 0.3 is 0 Å². The fourth-order valence-corrected chi connectivity index (χ4v) is 1.61. The molecule has 1 atom stereocenters. The Bertz CT molecular complexity index is 507. The number of aromatic nitrogens is 1. The molecule has 1 N–H and O–H groups in total. The molecule has 0 fully saturated rings. The van der Waals surface area contributed by atoms with E-state index in [-0.39, 0.29) is 0 Å². The Kier molecular flexibility index (Phi) is 2.75. The van der Waals surface area contributed by atoms with Crippen LogP contribution >= 0.6 is 0 Å². The average Bonchev–Trinajstić information content (AvgIpc) is 2.67. The Morgan fingerprint density at radius 2 is 1.94 bits per heavy atom. The number of rotatable bonds is 2. The van der Waals surface area contributed by atoms with Crippen LogP contribution in [0.25, 0.3) is 0 Å². The first kappa shape index (κ1) is 10.8. The number of benzene rings is 1. The molecule has 2 aromatic rings. The second kappa shape index (κ2) is 4.06. The summed E-state index contributed by atoms with van der Waals surface area (Å²) in [6.45, 7) is 0. The molecule has 1 aromatic heterocycles. The number of hydrogen-bond acceptors (Lipinski definition) is 1. The first-order valence-electron chi connectivity index (χ1n) is 4.84. The molecule has 1 aromatic carbocycles. The van der Waals surface area contributed by atoms with Crippen LogP contribution in [0.4, 0.5) is 8.78 Å². The Morgan fingerprint density at radius 3 is 2.50 bits per heavy atom. The van der Waals surface area contributed by atoms with Crippen molar-refractivity contribution in [3.63, 3.8) is 0 Å². The molecule has 0 unspecified atom stereocenters. The van der Waals surface area contributed by atoms with Crippen LogP contribution in [0.5, 0.6) is 0 Å². The van der Waals surface area contributed by atoms with Crippen LogP contribution in [0.1, 0.15) is 17.4 Å². The number of halogens is 2. The highest BCUT2D eigenvalue weighted by Gasteiger charge is 2.14. The quantitative estimate of drug-likeness (QED) is 0.830. The maximum Gasteiger partial charge on any atom is 0.159 e. The van der Waals surface area contributed by atoms with Crippen LogP contribution in [-0.2, 0) is 7.05 Å². The first-order valence-corrected chi connectivity index (χ1v) is 4.84. The lowest BCUT2D eigenvalue weighted by Gasteiger charge is -2.12. The summed E-state index contributed by atoms with van der Waals surface area (Å²) >= 11 is 0. The molecule has 0 radical (unpaired) electrons. The highest BCUT2D eigenvalue weighted by atomic mass is 19.2. The van der Waals surface area contributed by atoms with Gasteiger partial charge in [0.1, 0.15) is 6.10 Å². The van der Waals surface area contributed by atoms with Gasteiger partial charge in [0.05, 0.1) is 5.69 Å². The molecule has 0 spiro atoms. The molecule has 4 heteroatoms. The van der Waals surface area contributed by atoms with Gasteiger partial charge in [0, 0.05) is 13.2 Å². The standard InChI is InChI=1S/C12H11F2NO/c1-15-6-2-3-11(15)12(16)8-4-5-9(13)10(14)7-8/h2-7,12,16H,1H3/t12-/m0/s1. The summed E-state index contributed by atoms with van der Waals surface area (Å²) in [6, 6.07) is 6.89. The summed E-state index contributed by atoms with van der Waals surface area (Å²) in [6.07, 6.45) is 0.827. The van der Waals surface area contributed by atoms with Gasteiger partial charge in [-0.05, 0) is 29.8 Å². The predicted molar refractivity (Wildman–Crippen MR) is 55.8 cm³/mol. The maximum atomic E-state index is 13.0. The molecule has 1 heterocycles. The molecule has 0 aliphatic carbocycles. The third-order valence-corrected chi connectivity index (χ3v) is 2.52. The van der Waals surface area contributed by atoms with Gasteiger partial charge in [-0.3, -0.25) is 0 Å². The van der Waals surface area contributed by atoms with E-state index in [4.69, 9.17) is 0 Å². The van der Waals surface area contributed by atoms with Gasteiger partial charge < -0.3 is 9.67 Å². The Morgan fingerprint density at radius 1 is 1.19 bits per heavy atom. The molecule has 2 rings (SSSR count). The zero-order valence-electron chi connectivity index (χ0n) is 8.69. The van der Waals surface area contributed by atoms with Gasteiger partial charge in [0.15, 0.2) is 11.6 Å². The summed E-state index contributed by atoms with van der Waals surface area (Å²) in [5.74, 6) is -1.87. The van der Waals surface area contributed by atoms with Crippen molar-refractivity contribution < 1.29 is 13.9 Å². The second-order valence-corrected chi connectivity index (χ2v) is 3.62. The minimum atomic E-state index is -0.953. The molecule has 0 aliphatic rings. The third kappa shape index (κ3) is 1.84. The van der Waals surface area contributed by atoms with Crippen molar-refractivity contribution in [2.45, 2.75) is 6.10 Å². The van der Waals surface area contributed by atoms with E-state index in [1.54, 1.807) is 29.9 Å². The Labute approximate surface area is 91.8 Å². The SMILES string of the molecule is Cn1cccc1[C@@H](O)c1ccc(F)c(F)c1. The van der Waals surface area contributed by atoms with Gasteiger partial charge in [0.2, 0.25) is 0 Å². The summed E-state index contributed by atoms with van der Waals surface area (Å²) in [5, 5.41) is 9.97. The molecular weight excluding hydrogens is 212 g/mol. The van der Waals surface area contributed by atoms with Crippen LogP contribution in [0, 0.1) is 11.6 Å². The summed E-state index contributed by atoms with van der Waals surface area (Å²) in [5.41, 5.74) is 0.965. The van der Waals surface area contributed by atoms with E-state index in [0.717, 1.165) is 12.1 Å². The Balaban J connectivity index is 2.38. The van der Waals surface area contributed by atoms with Gasteiger partial charge in [-0.2, -0.15) is 0 Å². The second-order valence-electron chi connectivity index (χ2n) is 3.62. The normalized spacial score (nSPS) is 12.8. The fraction of sp³-hybridized carbons (Fsp3) is 0.167. The molecule has 0 amide bonds. The van der Waals surface area contributed by atoms with Crippen LogP contribution in [0.15, 0.2) is 36.5 Å². The van der Waals surface area contributed by atoms with Crippen molar-refractivity contribution in [1.82, 2.24) is 4.57 Å². The van der Waals surface area contributed by atoms with Crippen LogP contribution in [0.3, 0.4) is 0 Å². The molecule has 0 aliphatic heterocycles. The number of nitrogens with zero attached hydrogens (tertiary/aromatic N) is 1. The molecule has 2 nitrogen and oxygen atoms in total. The number of aliphatic hydroxyl groups excluding tert-OH is 1. The van der Waals surface area contributed by atoms with Crippen LogP contribution in [-0.4, -0.2) is 9.67 Å². The monoisotopic (exact) mass is 223 g/mol. The highest BCUT2D eigenvalue weighted by Crippen LogP contribution is 2.23. The molecule has 84 valence electrons. The van der Waals surface area contributed by atoms with E-state index in [0.29, 0.717) is 11.3 Å². The molecular formula is C12H11F2NO. The van der Waals surface area contributed by atoms with Crippen LogP contribution in [0.2, 0.25) is 0 Å². The number of hydrogen-bond donors (Lipinski definition) is 1. The van der Waals surface area contributed by atoms with Crippen molar-refractivity contribution >= 4 is 0 Å². The molecule has 0 saturated carbocycles. The molecule has 0 saturated heterocycles. The minimum Gasteiger partial charge on any atom is -0.382 e. The van der Waals surface area contributed by atoms with Crippen molar-refractivity contribution in [1.29, 1.82) is 0 Å². The van der Waals surface area contributed by atoms with Gasteiger partial charge in [-0.1, -0.05) is 6.07 Å². The van der Waals surface area contributed by atoms with Gasteiger partial charge in [-0.25, -0.2) is 8.78 Å². The average molecular weight is 223 g/mol. The van der Waals surface area contributed by atoms with Crippen molar-refractivity contribution in [2.24, 2.45) is 7.05 Å².